The maximum atomic E-state index is 14.9. The van der Waals surface area contributed by atoms with Crippen molar-refractivity contribution < 1.29 is 23.1 Å². The van der Waals surface area contributed by atoms with E-state index in [1.165, 1.54) is 17.0 Å². The van der Waals surface area contributed by atoms with E-state index in [1.807, 2.05) is 19.0 Å². The number of halogens is 2. The van der Waals surface area contributed by atoms with Crippen molar-refractivity contribution >= 4 is 23.4 Å². The van der Waals surface area contributed by atoms with Crippen LogP contribution in [-0.4, -0.2) is 68.3 Å². The van der Waals surface area contributed by atoms with Crippen LogP contribution in [0, 0.1) is 11.6 Å². The molecule has 0 aliphatic carbocycles. The van der Waals surface area contributed by atoms with E-state index < -0.39 is 35.3 Å². The lowest BCUT2D eigenvalue weighted by atomic mass is 10.2. The molecule has 2 fully saturated rings. The third-order valence-electron chi connectivity index (χ3n) is 5.46. The molecule has 2 heterocycles. The van der Waals surface area contributed by atoms with Crippen LogP contribution >= 0.6 is 0 Å². The Labute approximate surface area is 175 Å². The van der Waals surface area contributed by atoms with Gasteiger partial charge in [0.05, 0.1) is 11.4 Å². The number of nitrogens with one attached hydrogen (secondary N) is 1. The van der Waals surface area contributed by atoms with Crippen molar-refractivity contribution in [1.82, 2.24) is 10.2 Å². The molecule has 1 aromatic rings. The normalized spacial score (nSPS) is 22.2. The standard InChI is InChI=1S/C21H30F2N4O3/c1-21(2,3)30-20(29)24-14-9-11-27(19(14)28)16-7-6-15(17(22)18(16)23)26-10-8-13(12-26)25(4)5/h6-7,13-14H,8-12H2,1-5H3,(H,24,29)/t13-,14-/m1/s1. The van der Waals surface area contributed by atoms with Crippen molar-refractivity contribution in [3.63, 3.8) is 0 Å². The van der Waals surface area contributed by atoms with E-state index in [2.05, 4.69) is 10.2 Å². The lowest BCUT2D eigenvalue weighted by Crippen LogP contribution is -2.44. The molecule has 0 spiro atoms. The summed E-state index contributed by atoms with van der Waals surface area (Å²) in [6, 6.07) is 2.41. The third kappa shape index (κ3) is 4.66. The zero-order chi connectivity index (χ0) is 22.2. The summed E-state index contributed by atoms with van der Waals surface area (Å²) in [6.07, 6.45) is 0.449. The Morgan fingerprint density at radius 3 is 2.37 bits per heavy atom. The van der Waals surface area contributed by atoms with Gasteiger partial charge >= 0.3 is 6.09 Å². The predicted octanol–water partition coefficient (Wildman–Crippen LogP) is 2.74. The summed E-state index contributed by atoms with van der Waals surface area (Å²) in [5, 5.41) is 2.51. The zero-order valence-corrected chi connectivity index (χ0v) is 18.2. The first kappa shape index (κ1) is 22.3. The second-order valence-corrected chi connectivity index (χ2v) is 9.06. The average molecular weight is 424 g/mol. The summed E-state index contributed by atoms with van der Waals surface area (Å²) in [5.74, 6) is -2.49. The van der Waals surface area contributed by atoms with Crippen molar-refractivity contribution in [2.45, 2.75) is 51.3 Å². The number of amides is 2. The van der Waals surface area contributed by atoms with Crippen LogP contribution in [0.5, 0.6) is 0 Å². The van der Waals surface area contributed by atoms with E-state index in [0.717, 1.165) is 6.42 Å². The quantitative estimate of drug-likeness (QED) is 0.805. The lowest BCUT2D eigenvalue weighted by molar-refractivity contribution is -0.118. The Balaban J connectivity index is 1.72. The van der Waals surface area contributed by atoms with Gasteiger partial charge in [0.1, 0.15) is 11.6 Å². The minimum atomic E-state index is -1.05. The van der Waals surface area contributed by atoms with Crippen LogP contribution in [0.15, 0.2) is 12.1 Å². The molecular formula is C21H30F2N4O3. The molecule has 1 aromatic carbocycles. The number of benzene rings is 1. The highest BCUT2D eigenvalue weighted by Gasteiger charge is 2.37. The van der Waals surface area contributed by atoms with Gasteiger partial charge < -0.3 is 24.8 Å². The van der Waals surface area contributed by atoms with E-state index in [0.29, 0.717) is 13.1 Å². The molecule has 2 atom stereocenters. The average Bonchev–Trinajstić information content (AvgIpc) is 3.24. The number of rotatable bonds is 4. The van der Waals surface area contributed by atoms with Gasteiger partial charge in [-0.1, -0.05) is 0 Å². The van der Waals surface area contributed by atoms with Crippen molar-refractivity contribution in [2.75, 3.05) is 43.5 Å². The van der Waals surface area contributed by atoms with Crippen LogP contribution in [0.2, 0.25) is 0 Å². The van der Waals surface area contributed by atoms with Crippen molar-refractivity contribution in [1.29, 1.82) is 0 Å². The topological polar surface area (TPSA) is 65.1 Å². The monoisotopic (exact) mass is 424 g/mol. The van der Waals surface area contributed by atoms with E-state index >= 15 is 0 Å². The second-order valence-electron chi connectivity index (χ2n) is 9.06. The number of ether oxygens (including phenoxy) is 1. The number of hydrogen-bond donors (Lipinski definition) is 1. The first-order valence-corrected chi connectivity index (χ1v) is 10.2. The van der Waals surface area contributed by atoms with Crippen LogP contribution in [-0.2, 0) is 9.53 Å². The Morgan fingerprint density at radius 1 is 1.13 bits per heavy atom. The maximum absolute atomic E-state index is 14.9. The Bertz CT molecular complexity index is 825. The van der Waals surface area contributed by atoms with E-state index in [9.17, 15) is 18.4 Å². The number of nitrogens with zero attached hydrogens (tertiary/aromatic N) is 3. The molecule has 3 rings (SSSR count). The summed E-state index contributed by atoms with van der Waals surface area (Å²) < 4.78 is 34.9. The molecule has 7 nitrogen and oxygen atoms in total. The number of likely N-dealkylation sites (N-methyl/N-ethyl adjacent to an activating group) is 1. The van der Waals surface area contributed by atoms with Crippen LogP contribution < -0.4 is 15.1 Å². The molecule has 0 unspecified atom stereocenters. The molecule has 0 aromatic heterocycles. The molecule has 0 saturated carbocycles. The minimum absolute atomic E-state index is 0.113. The second kappa shape index (κ2) is 8.37. The van der Waals surface area contributed by atoms with E-state index in [1.54, 1.807) is 20.8 Å². The van der Waals surface area contributed by atoms with Gasteiger partial charge in [0.2, 0.25) is 5.91 Å². The first-order chi connectivity index (χ1) is 14.0. The molecule has 1 N–H and O–H groups in total. The van der Waals surface area contributed by atoms with Gasteiger partial charge in [0.25, 0.3) is 0 Å². The fourth-order valence-corrected chi connectivity index (χ4v) is 3.87. The summed E-state index contributed by atoms with van der Waals surface area (Å²) in [6.45, 7) is 6.60. The summed E-state index contributed by atoms with van der Waals surface area (Å²) in [4.78, 5) is 29.7. The van der Waals surface area contributed by atoms with Gasteiger partial charge in [-0.2, -0.15) is 0 Å². The van der Waals surface area contributed by atoms with Crippen LogP contribution in [0.25, 0.3) is 0 Å². The number of anilines is 2. The molecular weight excluding hydrogens is 394 g/mol. The zero-order valence-electron chi connectivity index (χ0n) is 18.2. The molecule has 0 bridgehead atoms. The highest BCUT2D eigenvalue weighted by molar-refractivity contribution is 6.01. The smallest absolute Gasteiger partial charge is 0.408 e. The van der Waals surface area contributed by atoms with E-state index in [-0.39, 0.29) is 30.4 Å². The van der Waals surface area contributed by atoms with Crippen LogP contribution in [0.1, 0.15) is 33.6 Å². The van der Waals surface area contributed by atoms with E-state index in [4.69, 9.17) is 4.74 Å². The molecule has 2 amide bonds. The summed E-state index contributed by atoms with van der Waals surface area (Å²) in [7, 11) is 3.93. The van der Waals surface area contributed by atoms with Crippen molar-refractivity contribution in [3.8, 4) is 0 Å². The lowest BCUT2D eigenvalue weighted by Gasteiger charge is -2.24. The van der Waals surface area contributed by atoms with Gasteiger partial charge in [-0.3, -0.25) is 4.79 Å². The largest absolute Gasteiger partial charge is 0.444 e. The molecule has 2 aliphatic rings. The first-order valence-electron chi connectivity index (χ1n) is 10.2. The Kier molecular flexibility index (Phi) is 6.21. The Hall–Kier alpha value is -2.42. The highest BCUT2D eigenvalue weighted by Crippen LogP contribution is 2.33. The summed E-state index contributed by atoms with van der Waals surface area (Å²) >= 11 is 0. The Morgan fingerprint density at radius 2 is 1.77 bits per heavy atom. The molecule has 30 heavy (non-hydrogen) atoms. The van der Waals surface area contributed by atoms with Gasteiger partial charge in [-0.15, -0.1) is 0 Å². The molecule has 0 radical (unpaired) electrons. The number of hydrogen-bond acceptors (Lipinski definition) is 5. The number of carbonyl (C=O) groups is 2. The SMILES string of the molecule is CN(C)[C@@H]1CCN(c2ccc(N3CC[C@@H](NC(=O)OC(C)(C)C)C3=O)c(F)c2F)C1. The van der Waals surface area contributed by atoms with Gasteiger partial charge in [0, 0.05) is 25.7 Å². The minimum Gasteiger partial charge on any atom is -0.444 e. The molecule has 9 heteroatoms. The molecule has 2 saturated heterocycles. The third-order valence-corrected chi connectivity index (χ3v) is 5.46. The number of alkyl carbamates (subject to hydrolysis) is 1. The van der Waals surface area contributed by atoms with Gasteiger partial charge in [0.15, 0.2) is 11.6 Å². The highest BCUT2D eigenvalue weighted by atomic mass is 19.2. The van der Waals surface area contributed by atoms with Crippen LogP contribution in [0.3, 0.4) is 0 Å². The van der Waals surface area contributed by atoms with Crippen LogP contribution in [0.4, 0.5) is 25.0 Å². The molecule has 166 valence electrons. The maximum Gasteiger partial charge on any atom is 0.408 e. The van der Waals surface area contributed by atoms with Crippen molar-refractivity contribution in [3.05, 3.63) is 23.8 Å². The fourth-order valence-electron chi connectivity index (χ4n) is 3.87. The molecule has 2 aliphatic heterocycles. The van der Waals surface area contributed by atoms with Crippen molar-refractivity contribution in [2.24, 2.45) is 0 Å². The fraction of sp³-hybridized carbons (Fsp3) is 0.619. The van der Waals surface area contributed by atoms with Gasteiger partial charge in [-0.05, 0) is 59.8 Å². The summed E-state index contributed by atoms with van der Waals surface area (Å²) in [5.41, 5.74) is -0.605. The predicted molar refractivity (Wildman–Crippen MR) is 111 cm³/mol. The van der Waals surface area contributed by atoms with Gasteiger partial charge in [-0.25, -0.2) is 13.6 Å². The number of carbonyl (C=O) groups excluding carboxylic acids is 2.